The van der Waals surface area contributed by atoms with Gasteiger partial charge in [0.2, 0.25) is 19.9 Å². The van der Waals surface area contributed by atoms with E-state index in [1.54, 1.807) is 72.8 Å². The van der Waals surface area contributed by atoms with Gasteiger partial charge in [-0.25, -0.2) is 21.5 Å². The molecule has 292 valence electrons. The molecule has 0 atom stereocenters. The van der Waals surface area contributed by atoms with E-state index in [1.165, 1.54) is 32.1 Å². The number of methoxy groups -OCH3 is 3. The molecule has 0 radical (unpaired) electrons. The first-order valence-electron chi connectivity index (χ1n) is 16.6. The zero-order chi connectivity index (χ0) is 40.3. The molecule has 0 aliphatic heterocycles. The number of halogens is 4. The molecule has 6 aromatic rings. The summed E-state index contributed by atoms with van der Waals surface area (Å²) in [6, 6.07) is 25.8. The van der Waals surface area contributed by atoms with Crippen LogP contribution in [0.5, 0.6) is 17.2 Å². The molecule has 12 nitrogen and oxygen atoms in total. The molecule has 0 saturated heterocycles. The lowest BCUT2D eigenvalue weighted by Gasteiger charge is -2.26. The van der Waals surface area contributed by atoms with E-state index in [-0.39, 0.29) is 34.6 Å². The topological polar surface area (TPSA) is 143 Å². The molecular formula is C38H33F3IN5O7S2. The van der Waals surface area contributed by atoms with Crippen LogP contribution in [0.25, 0.3) is 11.4 Å². The SMILES string of the molecule is COc1ccc(CN(Cc2ccc(OC)cc2)S(=O)(=O)c2c(S(=O)(=O)c3cccc(C(F)(F)F)c3)ccc(I)c2-c2nnnn2Cc2ccc(OC)cc2)cc1. The maximum absolute atomic E-state index is 15.5. The summed E-state index contributed by atoms with van der Waals surface area (Å²) in [5.41, 5.74) is 0.375. The van der Waals surface area contributed by atoms with Gasteiger partial charge in [0.25, 0.3) is 0 Å². The van der Waals surface area contributed by atoms with Crippen LogP contribution in [-0.4, -0.2) is 62.7 Å². The van der Waals surface area contributed by atoms with Gasteiger partial charge in [-0.05, 0) is 116 Å². The van der Waals surface area contributed by atoms with Gasteiger partial charge in [0, 0.05) is 16.7 Å². The monoisotopic (exact) mass is 919 g/mol. The van der Waals surface area contributed by atoms with Crippen LogP contribution in [0.3, 0.4) is 0 Å². The largest absolute Gasteiger partial charge is 0.497 e. The van der Waals surface area contributed by atoms with Crippen LogP contribution in [0.4, 0.5) is 13.2 Å². The standard InChI is InChI=1S/C38H33F3IN5O7S2/c1-52-29-13-7-25(8-14-29)22-46(23-26-9-15-30(53-2)16-10-26)56(50,51)36-34(55(48,49)32-6-4-5-28(21-32)38(39,40)41)20-19-33(42)35(36)37-43-44-45-47(37)24-27-11-17-31(54-3)18-12-27/h4-21H,22-24H2,1-3H3. The number of alkyl halides is 3. The van der Waals surface area contributed by atoms with Crippen molar-refractivity contribution in [3.05, 3.63) is 135 Å². The van der Waals surface area contributed by atoms with Crippen molar-refractivity contribution in [3.63, 3.8) is 0 Å². The van der Waals surface area contributed by atoms with Gasteiger partial charge >= 0.3 is 6.18 Å². The fraction of sp³-hybridized carbons (Fsp3) is 0.184. The Morgan fingerprint density at radius 2 is 1.23 bits per heavy atom. The number of sulfone groups is 1. The molecule has 0 N–H and O–H groups in total. The molecule has 1 heterocycles. The van der Waals surface area contributed by atoms with Gasteiger partial charge in [-0.2, -0.15) is 17.5 Å². The van der Waals surface area contributed by atoms with E-state index in [0.717, 1.165) is 28.6 Å². The Balaban J connectivity index is 1.60. The molecule has 0 saturated carbocycles. The van der Waals surface area contributed by atoms with E-state index < -0.39 is 46.3 Å². The molecule has 6 rings (SSSR count). The van der Waals surface area contributed by atoms with Crippen LogP contribution in [-0.2, 0) is 45.7 Å². The van der Waals surface area contributed by atoms with Crippen LogP contribution in [0.2, 0.25) is 0 Å². The van der Waals surface area contributed by atoms with Crippen LogP contribution in [0.15, 0.2) is 124 Å². The fourth-order valence-electron chi connectivity index (χ4n) is 5.80. The quantitative estimate of drug-likeness (QED) is 0.103. The highest BCUT2D eigenvalue weighted by Gasteiger charge is 2.39. The van der Waals surface area contributed by atoms with Crippen molar-refractivity contribution in [2.24, 2.45) is 0 Å². The Hall–Kier alpha value is -5.05. The third-order valence-electron chi connectivity index (χ3n) is 8.71. The second-order valence-electron chi connectivity index (χ2n) is 12.3. The van der Waals surface area contributed by atoms with Gasteiger partial charge in [-0.15, -0.1) is 5.10 Å². The number of ether oxygens (including phenoxy) is 3. The van der Waals surface area contributed by atoms with Gasteiger partial charge in [-0.3, -0.25) is 0 Å². The summed E-state index contributed by atoms with van der Waals surface area (Å²) in [5, 5.41) is 12.1. The number of hydrogen-bond acceptors (Lipinski definition) is 10. The predicted octanol–water partition coefficient (Wildman–Crippen LogP) is 7.26. The Labute approximate surface area is 334 Å². The van der Waals surface area contributed by atoms with Crippen molar-refractivity contribution < 1.29 is 44.2 Å². The molecular weight excluding hydrogens is 886 g/mol. The third kappa shape index (κ3) is 8.67. The van der Waals surface area contributed by atoms with Crippen LogP contribution >= 0.6 is 22.6 Å². The minimum Gasteiger partial charge on any atom is -0.497 e. The lowest BCUT2D eigenvalue weighted by atomic mass is 10.2. The highest BCUT2D eigenvalue weighted by atomic mass is 127. The highest BCUT2D eigenvalue weighted by Crippen LogP contribution is 2.41. The van der Waals surface area contributed by atoms with E-state index in [4.69, 9.17) is 14.2 Å². The summed E-state index contributed by atoms with van der Waals surface area (Å²) in [5.74, 6) is 1.54. The molecule has 0 fully saturated rings. The van der Waals surface area contributed by atoms with Gasteiger partial charge in [-0.1, -0.05) is 42.5 Å². The molecule has 18 heteroatoms. The Morgan fingerprint density at radius 3 is 1.73 bits per heavy atom. The highest BCUT2D eigenvalue weighted by molar-refractivity contribution is 14.1. The summed E-state index contributed by atoms with van der Waals surface area (Å²) in [4.78, 5) is -2.24. The second-order valence-corrected chi connectivity index (χ2v) is 17.2. The zero-order valence-corrected chi connectivity index (χ0v) is 33.7. The summed E-state index contributed by atoms with van der Waals surface area (Å²) in [7, 11) is -5.41. The predicted molar refractivity (Wildman–Crippen MR) is 207 cm³/mol. The van der Waals surface area contributed by atoms with Crippen LogP contribution in [0.1, 0.15) is 22.3 Å². The number of sulfonamides is 1. The van der Waals surface area contributed by atoms with Crippen molar-refractivity contribution in [3.8, 4) is 28.6 Å². The van der Waals surface area contributed by atoms with Crippen LogP contribution < -0.4 is 14.2 Å². The van der Waals surface area contributed by atoms with E-state index in [0.29, 0.717) is 40.0 Å². The van der Waals surface area contributed by atoms with E-state index in [2.05, 4.69) is 15.5 Å². The number of hydrogen-bond donors (Lipinski definition) is 0. The molecule has 0 aliphatic carbocycles. The van der Waals surface area contributed by atoms with Crippen molar-refractivity contribution in [2.75, 3.05) is 21.3 Å². The smallest absolute Gasteiger partial charge is 0.416 e. The Bertz CT molecular complexity index is 2500. The van der Waals surface area contributed by atoms with E-state index in [1.807, 2.05) is 22.6 Å². The fourth-order valence-corrected chi connectivity index (χ4v) is 10.4. The average molecular weight is 920 g/mol. The molecule has 0 spiro atoms. The van der Waals surface area contributed by atoms with Crippen molar-refractivity contribution in [2.45, 2.75) is 40.5 Å². The first-order chi connectivity index (χ1) is 26.6. The summed E-state index contributed by atoms with van der Waals surface area (Å²) in [6.07, 6.45) is -4.88. The van der Waals surface area contributed by atoms with E-state index >= 15 is 8.42 Å². The summed E-state index contributed by atoms with van der Waals surface area (Å²) >= 11 is 1.87. The van der Waals surface area contributed by atoms with Crippen LogP contribution in [0, 0.1) is 3.57 Å². The maximum atomic E-state index is 15.5. The lowest BCUT2D eigenvalue weighted by molar-refractivity contribution is -0.137. The minimum absolute atomic E-state index is 0.0356. The van der Waals surface area contributed by atoms with Crippen molar-refractivity contribution in [1.29, 1.82) is 0 Å². The zero-order valence-electron chi connectivity index (χ0n) is 29.9. The number of rotatable bonds is 14. The summed E-state index contributed by atoms with van der Waals surface area (Å²) in [6.45, 7) is -0.458. The molecule has 56 heavy (non-hydrogen) atoms. The number of aromatic nitrogens is 4. The third-order valence-corrected chi connectivity index (χ3v) is 13.4. The Morgan fingerprint density at radius 1 is 0.714 bits per heavy atom. The lowest BCUT2D eigenvalue weighted by Crippen LogP contribution is -2.32. The first-order valence-corrected chi connectivity index (χ1v) is 20.6. The number of benzene rings is 5. The first kappa shape index (κ1) is 40.6. The van der Waals surface area contributed by atoms with Gasteiger partial charge in [0.15, 0.2) is 5.82 Å². The number of nitrogens with zero attached hydrogens (tertiary/aromatic N) is 5. The summed E-state index contributed by atoms with van der Waals surface area (Å²) < 4.78 is 120. The maximum Gasteiger partial charge on any atom is 0.416 e. The molecule has 0 unspecified atom stereocenters. The molecule has 1 aromatic heterocycles. The van der Waals surface area contributed by atoms with Gasteiger partial charge in [0.05, 0.1) is 48.8 Å². The van der Waals surface area contributed by atoms with Gasteiger partial charge in [0.1, 0.15) is 22.1 Å². The molecule has 0 amide bonds. The van der Waals surface area contributed by atoms with Crippen molar-refractivity contribution >= 4 is 42.5 Å². The Kier molecular flexibility index (Phi) is 12.0. The number of tetrazole rings is 1. The molecule has 5 aromatic carbocycles. The van der Waals surface area contributed by atoms with Gasteiger partial charge < -0.3 is 14.2 Å². The molecule has 0 aliphatic rings. The minimum atomic E-state index is -4.98. The van der Waals surface area contributed by atoms with Crippen molar-refractivity contribution in [1.82, 2.24) is 24.5 Å². The molecule has 0 bridgehead atoms. The van der Waals surface area contributed by atoms with E-state index in [9.17, 15) is 21.6 Å². The average Bonchev–Trinajstić information content (AvgIpc) is 3.65. The normalized spacial score (nSPS) is 12.1. The second kappa shape index (κ2) is 16.6.